The summed E-state index contributed by atoms with van der Waals surface area (Å²) in [6.07, 6.45) is 2.76. The van der Waals surface area contributed by atoms with Crippen molar-refractivity contribution < 1.29 is 14.3 Å². The van der Waals surface area contributed by atoms with E-state index in [4.69, 9.17) is 4.74 Å². The molecule has 4 nitrogen and oxygen atoms in total. The van der Waals surface area contributed by atoms with Crippen LogP contribution < -0.4 is 5.32 Å². The van der Waals surface area contributed by atoms with Gasteiger partial charge in [-0.3, -0.25) is 4.79 Å². The van der Waals surface area contributed by atoms with Crippen LogP contribution in [0, 0.1) is 5.92 Å². The molecule has 0 fully saturated rings. The topological polar surface area (TPSA) is 55.4 Å². The van der Waals surface area contributed by atoms with E-state index in [9.17, 15) is 9.59 Å². The molecular formula is C15H21NO3S. The smallest absolute Gasteiger partial charge is 0.328 e. The summed E-state index contributed by atoms with van der Waals surface area (Å²) in [6, 6.07) is 6.67. The molecule has 0 aliphatic rings. The van der Waals surface area contributed by atoms with Gasteiger partial charge in [0.25, 0.3) is 5.91 Å². The molecule has 0 aliphatic heterocycles. The fourth-order valence-corrected chi connectivity index (χ4v) is 2.17. The predicted octanol–water partition coefficient (Wildman–Crippen LogP) is 2.73. The first-order valence-corrected chi connectivity index (χ1v) is 7.78. The number of carbonyl (C=O) groups excluding carboxylic acids is 2. The SMILES string of the molecule is CCC(C)C(NC(=O)c1ccc(SC)cc1)C(=O)OC. The van der Waals surface area contributed by atoms with Crippen molar-refractivity contribution in [3.63, 3.8) is 0 Å². The van der Waals surface area contributed by atoms with Gasteiger partial charge in [-0.25, -0.2) is 4.79 Å². The number of hydrogen-bond acceptors (Lipinski definition) is 4. The highest BCUT2D eigenvalue weighted by molar-refractivity contribution is 7.98. The molecule has 1 aromatic carbocycles. The summed E-state index contributed by atoms with van der Waals surface area (Å²) >= 11 is 1.61. The van der Waals surface area contributed by atoms with Gasteiger partial charge in [-0.1, -0.05) is 20.3 Å². The van der Waals surface area contributed by atoms with E-state index in [1.165, 1.54) is 7.11 Å². The lowest BCUT2D eigenvalue weighted by Crippen LogP contribution is -2.45. The van der Waals surface area contributed by atoms with Crippen molar-refractivity contribution in [1.29, 1.82) is 0 Å². The number of rotatable bonds is 6. The molecule has 2 unspecified atom stereocenters. The quantitative estimate of drug-likeness (QED) is 0.647. The van der Waals surface area contributed by atoms with Gasteiger partial charge in [0.1, 0.15) is 6.04 Å². The molecular weight excluding hydrogens is 274 g/mol. The predicted molar refractivity (Wildman–Crippen MR) is 80.9 cm³/mol. The number of ether oxygens (including phenoxy) is 1. The third-order valence-electron chi connectivity index (χ3n) is 3.31. The Morgan fingerprint density at radius 2 is 1.90 bits per heavy atom. The van der Waals surface area contributed by atoms with E-state index >= 15 is 0 Å². The van der Waals surface area contributed by atoms with Crippen molar-refractivity contribution in [2.24, 2.45) is 5.92 Å². The highest BCUT2D eigenvalue weighted by Gasteiger charge is 2.26. The van der Waals surface area contributed by atoms with Gasteiger partial charge in [0.15, 0.2) is 0 Å². The molecule has 0 heterocycles. The van der Waals surface area contributed by atoms with Crippen molar-refractivity contribution in [3.05, 3.63) is 29.8 Å². The minimum Gasteiger partial charge on any atom is -0.467 e. The highest BCUT2D eigenvalue weighted by Crippen LogP contribution is 2.15. The number of methoxy groups -OCH3 is 1. The van der Waals surface area contributed by atoms with Crippen molar-refractivity contribution in [2.75, 3.05) is 13.4 Å². The molecule has 2 atom stereocenters. The van der Waals surface area contributed by atoms with Gasteiger partial charge in [-0.05, 0) is 36.4 Å². The number of benzene rings is 1. The largest absolute Gasteiger partial charge is 0.467 e. The Labute approximate surface area is 124 Å². The van der Waals surface area contributed by atoms with Crippen LogP contribution in [0.3, 0.4) is 0 Å². The average molecular weight is 295 g/mol. The summed E-state index contributed by atoms with van der Waals surface area (Å²) < 4.78 is 4.75. The maximum absolute atomic E-state index is 12.2. The van der Waals surface area contributed by atoms with Crippen LogP contribution >= 0.6 is 11.8 Å². The van der Waals surface area contributed by atoms with Gasteiger partial charge in [-0.2, -0.15) is 0 Å². The lowest BCUT2D eigenvalue weighted by Gasteiger charge is -2.21. The van der Waals surface area contributed by atoms with Crippen molar-refractivity contribution in [1.82, 2.24) is 5.32 Å². The number of carbonyl (C=O) groups is 2. The molecule has 0 aliphatic carbocycles. The number of nitrogens with one attached hydrogen (secondary N) is 1. The summed E-state index contributed by atoms with van der Waals surface area (Å²) in [5.41, 5.74) is 0.542. The third-order valence-corrected chi connectivity index (χ3v) is 4.05. The Bertz CT molecular complexity index is 459. The van der Waals surface area contributed by atoms with Crippen molar-refractivity contribution >= 4 is 23.6 Å². The summed E-state index contributed by atoms with van der Waals surface area (Å²) in [7, 11) is 1.33. The van der Waals surface area contributed by atoms with E-state index in [1.54, 1.807) is 23.9 Å². The molecule has 0 radical (unpaired) electrons. The molecule has 1 N–H and O–H groups in total. The molecule has 20 heavy (non-hydrogen) atoms. The molecule has 0 saturated heterocycles. The van der Waals surface area contributed by atoms with Gasteiger partial charge in [0.05, 0.1) is 7.11 Å². The summed E-state index contributed by atoms with van der Waals surface area (Å²) in [4.78, 5) is 25.0. The zero-order valence-electron chi connectivity index (χ0n) is 12.3. The van der Waals surface area contributed by atoms with Crippen LogP contribution in [-0.4, -0.2) is 31.3 Å². The maximum atomic E-state index is 12.2. The first kappa shape index (κ1) is 16.6. The van der Waals surface area contributed by atoms with Crippen LogP contribution in [0.1, 0.15) is 30.6 Å². The van der Waals surface area contributed by atoms with Crippen LogP contribution in [0.15, 0.2) is 29.2 Å². The Hall–Kier alpha value is -1.49. The average Bonchev–Trinajstić information content (AvgIpc) is 2.50. The Kier molecular flexibility index (Phi) is 6.58. The van der Waals surface area contributed by atoms with E-state index in [2.05, 4.69) is 5.32 Å². The lowest BCUT2D eigenvalue weighted by atomic mass is 9.99. The fraction of sp³-hybridized carbons (Fsp3) is 0.467. The fourth-order valence-electron chi connectivity index (χ4n) is 1.76. The molecule has 0 bridgehead atoms. The van der Waals surface area contributed by atoms with E-state index in [-0.39, 0.29) is 11.8 Å². The van der Waals surface area contributed by atoms with Gasteiger partial charge >= 0.3 is 5.97 Å². The molecule has 0 saturated carbocycles. The summed E-state index contributed by atoms with van der Waals surface area (Å²) in [5.74, 6) is -0.640. The number of thioether (sulfide) groups is 1. The van der Waals surface area contributed by atoms with Crippen LogP contribution in [0.2, 0.25) is 0 Å². The monoisotopic (exact) mass is 295 g/mol. The number of hydrogen-bond donors (Lipinski definition) is 1. The van der Waals surface area contributed by atoms with Crippen molar-refractivity contribution in [2.45, 2.75) is 31.2 Å². The van der Waals surface area contributed by atoms with Gasteiger partial charge in [0, 0.05) is 10.5 Å². The molecule has 0 spiro atoms. The summed E-state index contributed by atoms with van der Waals surface area (Å²) in [6.45, 7) is 3.89. The zero-order valence-corrected chi connectivity index (χ0v) is 13.1. The molecule has 110 valence electrons. The van der Waals surface area contributed by atoms with Crippen LogP contribution in [0.25, 0.3) is 0 Å². The first-order chi connectivity index (χ1) is 9.53. The lowest BCUT2D eigenvalue weighted by molar-refractivity contribution is -0.144. The molecule has 1 amide bonds. The van der Waals surface area contributed by atoms with Crippen LogP contribution in [0.4, 0.5) is 0 Å². The molecule has 1 rings (SSSR count). The third kappa shape index (κ3) is 4.27. The van der Waals surface area contributed by atoms with E-state index in [1.807, 2.05) is 32.2 Å². The maximum Gasteiger partial charge on any atom is 0.328 e. The number of esters is 1. The van der Waals surface area contributed by atoms with Gasteiger partial charge in [0.2, 0.25) is 0 Å². The summed E-state index contributed by atoms with van der Waals surface area (Å²) in [5, 5.41) is 2.75. The highest BCUT2D eigenvalue weighted by atomic mass is 32.2. The van der Waals surface area contributed by atoms with Crippen LogP contribution in [-0.2, 0) is 9.53 Å². The minimum atomic E-state index is -0.613. The van der Waals surface area contributed by atoms with Gasteiger partial charge < -0.3 is 10.1 Å². The van der Waals surface area contributed by atoms with Gasteiger partial charge in [-0.15, -0.1) is 11.8 Å². The van der Waals surface area contributed by atoms with Crippen molar-refractivity contribution in [3.8, 4) is 0 Å². The molecule has 1 aromatic rings. The standard InChI is InChI=1S/C15H21NO3S/c1-5-10(2)13(15(18)19-3)16-14(17)11-6-8-12(20-4)9-7-11/h6-10,13H,5H2,1-4H3,(H,16,17). The zero-order chi connectivity index (χ0) is 15.1. The second-order valence-electron chi connectivity index (χ2n) is 4.59. The second-order valence-corrected chi connectivity index (χ2v) is 5.47. The Morgan fingerprint density at radius 3 is 2.35 bits per heavy atom. The Balaban J connectivity index is 2.81. The normalized spacial score (nSPS) is 13.4. The number of amides is 1. The second kappa shape index (κ2) is 7.94. The Morgan fingerprint density at radius 1 is 1.30 bits per heavy atom. The molecule has 5 heteroatoms. The van der Waals surface area contributed by atoms with E-state index in [0.717, 1.165) is 11.3 Å². The van der Waals surface area contributed by atoms with Crippen LogP contribution in [0.5, 0.6) is 0 Å². The minimum absolute atomic E-state index is 0.0249. The van der Waals surface area contributed by atoms with E-state index < -0.39 is 12.0 Å². The molecule has 0 aromatic heterocycles. The van der Waals surface area contributed by atoms with E-state index in [0.29, 0.717) is 5.56 Å². The first-order valence-electron chi connectivity index (χ1n) is 6.56.